The third-order valence-electron chi connectivity index (χ3n) is 4.24. The van der Waals surface area contributed by atoms with Crippen LogP contribution in [0.4, 0.5) is 0 Å². The largest absolute Gasteiger partial charge is 0.497 e. The molecule has 0 atom stereocenters. The zero-order valence-electron chi connectivity index (χ0n) is 12.3. The average Bonchev–Trinajstić information content (AvgIpc) is 3.09. The molecule has 0 amide bonds. The molecule has 0 unspecified atom stereocenters. The highest BCUT2D eigenvalue weighted by molar-refractivity contribution is 5.95. The Bertz CT molecular complexity index is 905. The third kappa shape index (κ3) is 1.65. The van der Waals surface area contributed by atoms with Gasteiger partial charge in [0.1, 0.15) is 5.75 Å². The summed E-state index contributed by atoms with van der Waals surface area (Å²) in [6.07, 6.45) is 1.01. The van der Waals surface area contributed by atoms with Crippen LogP contribution in [-0.2, 0) is 6.42 Å². The summed E-state index contributed by atoms with van der Waals surface area (Å²) in [5, 5.41) is 0. The highest BCUT2D eigenvalue weighted by Gasteiger charge is 2.18. The highest BCUT2D eigenvalue weighted by atomic mass is 16.5. The van der Waals surface area contributed by atoms with Crippen molar-refractivity contribution in [2.24, 2.45) is 0 Å². The van der Waals surface area contributed by atoms with Gasteiger partial charge in [0.05, 0.1) is 18.1 Å². The third-order valence-corrected chi connectivity index (χ3v) is 4.24. The van der Waals surface area contributed by atoms with Gasteiger partial charge in [-0.05, 0) is 29.7 Å². The fraction of sp³-hybridized carbons (Fsp3) is 0.158. The maximum absolute atomic E-state index is 5.46. The minimum absolute atomic E-state index is 0.919. The van der Waals surface area contributed by atoms with Crippen molar-refractivity contribution in [2.75, 3.05) is 7.11 Å². The summed E-state index contributed by atoms with van der Waals surface area (Å²) >= 11 is 0. The minimum Gasteiger partial charge on any atom is -0.497 e. The number of hydrogen-bond acceptors (Lipinski definition) is 1. The molecule has 0 spiro atoms. The molecule has 0 bridgehead atoms. The van der Waals surface area contributed by atoms with E-state index in [-0.39, 0.29) is 0 Å². The van der Waals surface area contributed by atoms with Gasteiger partial charge >= 0.3 is 0 Å². The zero-order valence-corrected chi connectivity index (χ0v) is 12.3. The first-order valence-electron chi connectivity index (χ1n) is 7.32. The second-order valence-electron chi connectivity index (χ2n) is 5.33. The molecule has 0 radical (unpaired) electrons. The van der Waals surface area contributed by atoms with Gasteiger partial charge in [0.25, 0.3) is 0 Å². The maximum atomic E-state index is 5.46. The summed E-state index contributed by atoms with van der Waals surface area (Å²) in [6, 6.07) is 19.3. The van der Waals surface area contributed by atoms with Crippen molar-refractivity contribution in [1.29, 1.82) is 0 Å². The predicted octanol–water partition coefficient (Wildman–Crippen LogP) is 4.77. The molecule has 0 saturated heterocycles. The van der Waals surface area contributed by atoms with E-state index in [1.165, 1.54) is 33.2 Å². The van der Waals surface area contributed by atoms with E-state index in [1.54, 1.807) is 7.11 Å². The normalized spacial score (nSPS) is 11.5. The molecule has 1 aromatic carbocycles. The molecule has 4 rings (SSSR count). The Labute approximate surface area is 123 Å². The van der Waals surface area contributed by atoms with Crippen LogP contribution in [0.3, 0.4) is 0 Å². The van der Waals surface area contributed by atoms with Crippen molar-refractivity contribution >= 4 is 16.6 Å². The van der Waals surface area contributed by atoms with Crippen LogP contribution in [0.25, 0.3) is 27.7 Å². The van der Waals surface area contributed by atoms with Crippen LogP contribution in [-0.4, -0.2) is 11.5 Å². The van der Waals surface area contributed by atoms with Gasteiger partial charge in [-0.2, -0.15) is 0 Å². The monoisotopic (exact) mass is 275 g/mol. The van der Waals surface area contributed by atoms with E-state index in [4.69, 9.17) is 4.74 Å². The number of methoxy groups -OCH3 is 1. The van der Waals surface area contributed by atoms with Crippen molar-refractivity contribution in [1.82, 2.24) is 4.40 Å². The Morgan fingerprint density at radius 3 is 2.48 bits per heavy atom. The molecule has 3 heterocycles. The fourth-order valence-electron chi connectivity index (χ4n) is 3.32. The number of aromatic nitrogens is 1. The first-order valence-corrected chi connectivity index (χ1v) is 7.32. The molecule has 21 heavy (non-hydrogen) atoms. The lowest BCUT2D eigenvalue weighted by molar-refractivity contribution is 0.415. The molecule has 4 aromatic rings. The van der Waals surface area contributed by atoms with Crippen molar-refractivity contribution in [3.63, 3.8) is 0 Å². The van der Waals surface area contributed by atoms with Crippen LogP contribution in [0.2, 0.25) is 0 Å². The number of benzene rings is 1. The second kappa shape index (κ2) is 4.52. The van der Waals surface area contributed by atoms with E-state index in [1.807, 2.05) is 0 Å². The van der Waals surface area contributed by atoms with Gasteiger partial charge < -0.3 is 9.14 Å². The molecule has 2 nitrogen and oxygen atoms in total. The Kier molecular flexibility index (Phi) is 2.64. The van der Waals surface area contributed by atoms with Crippen molar-refractivity contribution in [2.45, 2.75) is 13.3 Å². The molecule has 104 valence electrons. The highest BCUT2D eigenvalue weighted by Crippen LogP contribution is 2.38. The molecule has 0 N–H and O–H groups in total. The van der Waals surface area contributed by atoms with E-state index in [0.717, 1.165) is 12.2 Å². The summed E-state index contributed by atoms with van der Waals surface area (Å²) in [5.41, 5.74) is 7.75. The van der Waals surface area contributed by atoms with E-state index in [0.29, 0.717) is 0 Å². The molecule has 0 aliphatic rings. The van der Waals surface area contributed by atoms with Gasteiger partial charge in [-0.1, -0.05) is 37.3 Å². The molecule has 3 aromatic heterocycles. The second-order valence-corrected chi connectivity index (χ2v) is 5.33. The van der Waals surface area contributed by atoms with Gasteiger partial charge in [-0.15, -0.1) is 0 Å². The summed E-state index contributed by atoms with van der Waals surface area (Å²) in [6.45, 7) is 2.22. The fourth-order valence-corrected chi connectivity index (χ4v) is 3.32. The lowest BCUT2D eigenvalue weighted by Gasteiger charge is -2.05. The van der Waals surface area contributed by atoms with E-state index < -0.39 is 0 Å². The maximum Gasteiger partial charge on any atom is 0.123 e. The summed E-state index contributed by atoms with van der Waals surface area (Å²) in [7, 11) is 1.73. The summed E-state index contributed by atoms with van der Waals surface area (Å²) in [5.74, 6) is 0.919. The van der Waals surface area contributed by atoms with Crippen LogP contribution >= 0.6 is 0 Å². The Morgan fingerprint density at radius 1 is 0.952 bits per heavy atom. The lowest BCUT2D eigenvalue weighted by Crippen LogP contribution is -1.89. The number of ether oxygens (including phenoxy) is 1. The Morgan fingerprint density at radius 2 is 1.76 bits per heavy atom. The molecular formula is C19H17NO. The number of hydrogen-bond donors (Lipinski definition) is 0. The summed E-state index contributed by atoms with van der Waals surface area (Å²) < 4.78 is 7.79. The number of nitrogens with zero attached hydrogens (tertiary/aromatic N) is 1. The topological polar surface area (TPSA) is 13.6 Å². The van der Waals surface area contributed by atoms with Crippen LogP contribution in [0, 0.1) is 0 Å². The summed E-state index contributed by atoms with van der Waals surface area (Å²) in [4.78, 5) is 0. The van der Waals surface area contributed by atoms with Crippen LogP contribution in [0.1, 0.15) is 12.5 Å². The van der Waals surface area contributed by atoms with Gasteiger partial charge in [-0.3, -0.25) is 0 Å². The first kappa shape index (κ1) is 12.3. The van der Waals surface area contributed by atoms with Gasteiger partial charge in [0.2, 0.25) is 0 Å². The van der Waals surface area contributed by atoms with E-state index in [9.17, 15) is 0 Å². The van der Waals surface area contributed by atoms with Gasteiger partial charge in [-0.25, -0.2) is 0 Å². The van der Waals surface area contributed by atoms with Crippen molar-refractivity contribution in [3.8, 4) is 16.9 Å². The number of aryl methyl sites for hydroxylation is 1. The SMILES string of the molecule is CCc1c(-c2ccccc2)c2ccc3cc(OC)cc1n32. The molecular weight excluding hydrogens is 258 g/mol. The predicted molar refractivity (Wildman–Crippen MR) is 87.5 cm³/mol. The molecule has 2 heteroatoms. The Hall–Kier alpha value is -2.48. The van der Waals surface area contributed by atoms with E-state index >= 15 is 0 Å². The van der Waals surface area contributed by atoms with Crippen LogP contribution < -0.4 is 4.74 Å². The smallest absolute Gasteiger partial charge is 0.123 e. The number of rotatable bonds is 3. The van der Waals surface area contributed by atoms with Crippen molar-refractivity contribution < 1.29 is 4.74 Å². The van der Waals surface area contributed by atoms with Crippen molar-refractivity contribution in [3.05, 3.63) is 60.2 Å². The molecule has 0 fully saturated rings. The molecule has 0 saturated carbocycles. The Balaban J connectivity index is 2.16. The molecule has 0 aliphatic carbocycles. The lowest BCUT2D eigenvalue weighted by atomic mass is 10.00. The molecule has 0 aliphatic heterocycles. The van der Waals surface area contributed by atoms with E-state index in [2.05, 4.69) is 65.9 Å². The quantitative estimate of drug-likeness (QED) is 0.525. The minimum atomic E-state index is 0.919. The van der Waals surface area contributed by atoms with Crippen LogP contribution in [0.15, 0.2) is 54.6 Å². The number of pyridine rings is 1. The average molecular weight is 275 g/mol. The van der Waals surface area contributed by atoms with Gasteiger partial charge in [0, 0.05) is 23.2 Å². The van der Waals surface area contributed by atoms with Crippen LogP contribution in [0.5, 0.6) is 5.75 Å². The first-order chi connectivity index (χ1) is 10.3. The zero-order chi connectivity index (χ0) is 14.4. The van der Waals surface area contributed by atoms with Gasteiger partial charge in [0.15, 0.2) is 0 Å². The standard InChI is InChI=1S/C19H17NO/c1-3-16-18-12-15(21-2)11-14-9-10-17(20(14)18)19(16)13-7-5-4-6-8-13/h4-12H,3H2,1-2H3.